The van der Waals surface area contributed by atoms with Gasteiger partial charge >= 0.3 is 0 Å². The maximum absolute atomic E-state index is 6.13. The summed E-state index contributed by atoms with van der Waals surface area (Å²) in [6, 6.07) is 14.7. The Bertz CT molecular complexity index is 1140. The van der Waals surface area contributed by atoms with E-state index in [2.05, 4.69) is 59.0 Å². The van der Waals surface area contributed by atoms with Crippen LogP contribution in [0.2, 0.25) is 5.02 Å². The third-order valence-corrected chi connectivity index (χ3v) is 7.21. The Labute approximate surface area is 201 Å². The molecule has 1 aromatic heterocycles. The van der Waals surface area contributed by atoms with Crippen molar-refractivity contribution in [3.8, 4) is 16.9 Å². The van der Waals surface area contributed by atoms with Crippen LogP contribution < -0.4 is 14.5 Å². The minimum Gasteiger partial charge on any atom is -0.496 e. The van der Waals surface area contributed by atoms with Crippen LogP contribution in [0.1, 0.15) is 16.7 Å². The van der Waals surface area contributed by atoms with Crippen LogP contribution in [0, 0.1) is 6.92 Å². The van der Waals surface area contributed by atoms with Crippen LogP contribution in [-0.4, -0.2) is 56.8 Å². The highest BCUT2D eigenvalue weighted by molar-refractivity contribution is 6.30. The Kier molecular flexibility index (Phi) is 6.17. The Balaban J connectivity index is 1.42. The standard InChI is InChI=1S/C27H31ClN4O/c1-19-16-21(28)5-6-22(19)20-4-9-27(29-17-20)32-11-10-23-24(18-32)25(7-8-26(23)33-3)31-14-12-30(2)13-15-31/h4-9,16-17H,10-15,18H2,1-3H3. The van der Waals surface area contributed by atoms with Gasteiger partial charge in [0.1, 0.15) is 11.6 Å². The van der Waals surface area contributed by atoms with Crippen LogP contribution in [0.3, 0.4) is 0 Å². The molecule has 6 heteroatoms. The predicted molar refractivity (Wildman–Crippen MR) is 137 cm³/mol. The third kappa shape index (κ3) is 4.40. The Morgan fingerprint density at radius 1 is 0.909 bits per heavy atom. The molecular formula is C27H31ClN4O. The molecule has 0 N–H and O–H groups in total. The van der Waals surface area contributed by atoms with Gasteiger partial charge in [-0.15, -0.1) is 0 Å². The highest BCUT2D eigenvalue weighted by atomic mass is 35.5. The molecule has 5 nitrogen and oxygen atoms in total. The van der Waals surface area contributed by atoms with Gasteiger partial charge in [0.05, 0.1) is 7.11 Å². The van der Waals surface area contributed by atoms with Crippen molar-refractivity contribution in [3.63, 3.8) is 0 Å². The first kappa shape index (κ1) is 22.1. The zero-order valence-electron chi connectivity index (χ0n) is 19.6. The van der Waals surface area contributed by atoms with Crippen molar-refractivity contribution in [2.75, 3.05) is 56.7 Å². The quantitative estimate of drug-likeness (QED) is 0.542. The Morgan fingerprint density at radius 3 is 2.42 bits per heavy atom. The molecule has 0 unspecified atom stereocenters. The number of hydrogen-bond acceptors (Lipinski definition) is 5. The molecule has 1 saturated heterocycles. The predicted octanol–water partition coefficient (Wildman–Crippen LogP) is 5.03. The summed E-state index contributed by atoms with van der Waals surface area (Å²) in [5.41, 5.74) is 7.52. The van der Waals surface area contributed by atoms with Crippen LogP contribution >= 0.6 is 11.6 Å². The lowest BCUT2D eigenvalue weighted by atomic mass is 9.95. The molecular weight excluding hydrogens is 432 g/mol. The van der Waals surface area contributed by atoms with Crippen LogP contribution in [0.5, 0.6) is 5.75 Å². The molecule has 0 spiro atoms. The zero-order chi connectivity index (χ0) is 22.9. The normalized spacial score (nSPS) is 16.6. The largest absolute Gasteiger partial charge is 0.496 e. The van der Waals surface area contributed by atoms with Gasteiger partial charge < -0.3 is 19.4 Å². The number of aryl methyl sites for hydroxylation is 1. The van der Waals surface area contributed by atoms with Crippen molar-refractivity contribution >= 4 is 23.1 Å². The van der Waals surface area contributed by atoms with E-state index >= 15 is 0 Å². The van der Waals surface area contributed by atoms with E-state index in [0.717, 1.165) is 73.4 Å². The summed E-state index contributed by atoms with van der Waals surface area (Å²) < 4.78 is 5.73. The van der Waals surface area contributed by atoms with Gasteiger partial charge in [-0.3, -0.25) is 0 Å². The Hall–Kier alpha value is -2.76. The van der Waals surface area contributed by atoms with E-state index in [0.29, 0.717) is 0 Å². The summed E-state index contributed by atoms with van der Waals surface area (Å²) in [4.78, 5) is 12.2. The van der Waals surface area contributed by atoms with Crippen molar-refractivity contribution in [2.24, 2.45) is 0 Å². The van der Waals surface area contributed by atoms with Gasteiger partial charge in [0.25, 0.3) is 0 Å². The van der Waals surface area contributed by atoms with E-state index in [1.807, 2.05) is 18.3 Å². The SMILES string of the molecule is COc1ccc(N2CCN(C)CC2)c2c1CCN(c1ccc(-c3ccc(Cl)cc3C)cn1)C2. The molecule has 0 aliphatic carbocycles. The molecule has 0 amide bonds. The van der Waals surface area contributed by atoms with Crippen molar-refractivity contribution in [1.82, 2.24) is 9.88 Å². The minimum absolute atomic E-state index is 0.763. The number of likely N-dealkylation sites (N-methyl/N-ethyl adjacent to an activating group) is 1. The summed E-state index contributed by atoms with van der Waals surface area (Å²) in [7, 11) is 3.97. The highest BCUT2D eigenvalue weighted by Gasteiger charge is 2.26. The molecule has 1 fully saturated rings. The first-order valence-electron chi connectivity index (χ1n) is 11.6. The van der Waals surface area contributed by atoms with Gasteiger partial charge in [-0.25, -0.2) is 4.98 Å². The number of methoxy groups -OCH3 is 1. The molecule has 3 heterocycles. The fraction of sp³-hybridized carbons (Fsp3) is 0.370. The summed E-state index contributed by atoms with van der Waals surface area (Å²) in [5, 5.41) is 0.763. The second-order valence-electron chi connectivity index (χ2n) is 9.07. The van der Waals surface area contributed by atoms with Crippen LogP contribution in [-0.2, 0) is 13.0 Å². The summed E-state index contributed by atoms with van der Waals surface area (Å²) in [6.45, 7) is 8.17. The lowest BCUT2D eigenvalue weighted by Crippen LogP contribution is -2.45. The number of aromatic nitrogens is 1. The van der Waals surface area contributed by atoms with Crippen molar-refractivity contribution in [3.05, 3.63) is 70.4 Å². The molecule has 0 saturated carbocycles. The fourth-order valence-electron chi connectivity index (χ4n) is 5.04. The lowest BCUT2D eigenvalue weighted by Gasteiger charge is -2.38. The number of benzene rings is 2. The molecule has 2 aliphatic heterocycles. The third-order valence-electron chi connectivity index (χ3n) is 6.98. The number of ether oxygens (including phenoxy) is 1. The van der Waals surface area contributed by atoms with Crippen LogP contribution in [0.25, 0.3) is 11.1 Å². The van der Waals surface area contributed by atoms with Crippen LogP contribution in [0.4, 0.5) is 11.5 Å². The zero-order valence-corrected chi connectivity index (χ0v) is 20.4. The molecule has 5 rings (SSSR count). The topological polar surface area (TPSA) is 31.8 Å². The van der Waals surface area contributed by atoms with Gasteiger partial charge in [-0.05, 0) is 67.9 Å². The van der Waals surface area contributed by atoms with E-state index in [-0.39, 0.29) is 0 Å². The number of halogens is 1. The molecule has 33 heavy (non-hydrogen) atoms. The lowest BCUT2D eigenvalue weighted by molar-refractivity contribution is 0.312. The van der Waals surface area contributed by atoms with Gasteiger partial charge in [0.2, 0.25) is 0 Å². The van der Waals surface area contributed by atoms with E-state index in [9.17, 15) is 0 Å². The minimum atomic E-state index is 0.763. The van der Waals surface area contributed by atoms with Crippen molar-refractivity contribution in [2.45, 2.75) is 19.9 Å². The average molecular weight is 463 g/mol. The number of fused-ring (bicyclic) bond motifs is 1. The van der Waals surface area contributed by atoms with Gasteiger partial charge in [0.15, 0.2) is 0 Å². The van der Waals surface area contributed by atoms with Crippen LogP contribution in [0.15, 0.2) is 48.7 Å². The summed E-state index contributed by atoms with van der Waals surface area (Å²) >= 11 is 6.13. The molecule has 0 atom stereocenters. The molecule has 0 bridgehead atoms. The van der Waals surface area contributed by atoms with E-state index < -0.39 is 0 Å². The van der Waals surface area contributed by atoms with E-state index in [1.54, 1.807) is 7.11 Å². The van der Waals surface area contributed by atoms with Gasteiger partial charge in [-0.2, -0.15) is 0 Å². The van der Waals surface area contributed by atoms with Crippen molar-refractivity contribution in [1.29, 1.82) is 0 Å². The number of hydrogen-bond donors (Lipinski definition) is 0. The Morgan fingerprint density at radius 2 is 1.73 bits per heavy atom. The molecule has 3 aromatic rings. The average Bonchev–Trinajstić information content (AvgIpc) is 2.84. The van der Waals surface area contributed by atoms with Crippen molar-refractivity contribution < 1.29 is 4.74 Å². The first-order valence-corrected chi connectivity index (χ1v) is 12.0. The van der Waals surface area contributed by atoms with E-state index in [1.165, 1.54) is 22.4 Å². The summed E-state index contributed by atoms with van der Waals surface area (Å²) in [5.74, 6) is 2.02. The van der Waals surface area contributed by atoms with E-state index in [4.69, 9.17) is 21.3 Å². The number of anilines is 2. The molecule has 2 aliphatic rings. The second-order valence-corrected chi connectivity index (χ2v) is 9.51. The maximum atomic E-state index is 6.13. The van der Waals surface area contributed by atoms with Gasteiger partial charge in [-0.1, -0.05) is 17.7 Å². The number of pyridine rings is 1. The molecule has 0 radical (unpaired) electrons. The fourth-order valence-corrected chi connectivity index (χ4v) is 5.27. The molecule has 172 valence electrons. The summed E-state index contributed by atoms with van der Waals surface area (Å²) in [6.07, 6.45) is 2.94. The smallest absolute Gasteiger partial charge is 0.128 e. The first-order chi connectivity index (χ1) is 16.0. The number of nitrogens with zero attached hydrogens (tertiary/aromatic N) is 4. The number of piperazine rings is 1. The van der Waals surface area contributed by atoms with Gasteiger partial charge in [0, 0.05) is 72.9 Å². The second kappa shape index (κ2) is 9.24. The monoisotopic (exact) mass is 462 g/mol. The maximum Gasteiger partial charge on any atom is 0.128 e. The number of rotatable bonds is 4. The highest BCUT2D eigenvalue weighted by Crippen LogP contribution is 2.37. The molecule has 2 aromatic carbocycles.